The van der Waals surface area contributed by atoms with Crippen LogP contribution in [0.3, 0.4) is 0 Å². The maximum atomic E-state index is 12.9. The van der Waals surface area contributed by atoms with Crippen molar-refractivity contribution >= 4 is 5.91 Å². The monoisotopic (exact) mass is 367 g/mol. The Morgan fingerprint density at radius 1 is 1.33 bits per heavy atom. The summed E-state index contributed by atoms with van der Waals surface area (Å²) in [7, 11) is 1.93. The highest BCUT2D eigenvalue weighted by atomic mass is 16.5. The molecular weight excluding hydrogens is 342 g/mol. The Morgan fingerprint density at radius 2 is 2.15 bits per heavy atom. The minimum Gasteiger partial charge on any atom is -0.493 e. The smallest absolute Gasteiger partial charge is 0.236 e. The molecule has 0 aliphatic carbocycles. The van der Waals surface area contributed by atoms with Gasteiger partial charge in [0.2, 0.25) is 5.91 Å². The average molecular weight is 367 g/mol. The number of nitrogens with zero attached hydrogens (tertiary/aromatic N) is 3. The fourth-order valence-corrected chi connectivity index (χ4v) is 4.22. The zero-order valence-electron chi connectivity index (χ0n) is 15.5. The van der Waals surface area contributed by atoms with E-state index in [1.807, 2.05) is 59.3 Å². The van der Waals surface area contributed by atoms with Gasteiger partial charge in [-0.25, -0.2) is 0 Å². The van der Waals surface area contributed by atoms with Gasteiger partial charge < -0.3 is 14.7 Å². The first-order valence-corrected chi connectivity index (χ1v) is 9.30. The van der Waals surface area contributed by atoms with Crippen molar-refractivity contribution in [3.8, 4) is 5.75 Å². The molecule has 2 aliphatic heterocycles. The van der Waals surface area contributed by atoms with Crippen LogP contribution in [0.25, 0.3) is 0 Å². The Balaban J connectivity index is 1.45. The van der Waals surface area contributed by atoms with Gasteiger partial charge in [0.05, 0.1) is 30.9 Å². The molecule has 142 valence electrons. The first-order chi connectivity index (χ1) is 13.1. The number of aliphatic hydroxyl groups excluding tert-OH is 1. The van der Waals surface area contributed by atoms with Gasteiger partial charge >= 0.3 is 0 Å². The Bertz CT molecular complexity index is 813. The van der Waals surface area contributed by atoms with E-state index in [1.54, 1.807) is 6.20 Å². The van der Waals surface area contributed by atoms with Crippen LogP contribution in [-0.2, 0) is 11.3 Å². The van der Waals surface area contributed by atoms with Crippen LogP contribution >= 0.6 is 0 Å². The number of hydrogen-bond acceptors (Lipinski definition) is 5. The molecule has 6 heteroatoms. The van der Waals surface area contributed by atoms with E-state index < -0.39 is 5.41 Å². The van der Waals surface area contributed by atoms with E-state index in [1.165, 1.54) is 0 Å². The summed E-state index contributed by atoms with van der Waals surface area (Å²) in [4.78, 5) is 21.1. The number of hydrogen-bond donors (Lipinski definition) is 1. The van der Waals surface area contributed by atoms with Crippen molar-refractivity contribution < 1.29 is 14.6 Å². The maximum Gasteiger partial charge on any atom is 0.236 e. The number of rotatable bonds is 5. The number of para-hydroxylation sites is 1. The maximum absolute atomic E-state index is 12.9. The Hall–Kier alpha value is -2.44. The van der Waals surface area contributed by atoms with Crippen LogP contribution in [0.1, 0.15) is 17.2 Å². The number of ether oxygens (including phenoxy) is 1. The molecule has 2 atom stereocenters. The van der Waals surface area contributed by atoms with Gasteiger partial charge in [0.25, 0.3) is 0 Å². The third-order valence-corrected chi connectivity index (χ3v) is 5.69. The number of aliphatic hydroxyl groups is 1. The highest BCUT2D eigenvalue weighted by molar-refractivity contribution is 5.79. The summed E-state index contributed by atoms with van der Waals surface area (Å²) >= 11 is 0. The van der Waals surface area contributed by atoms with Crippen LogP contribution < -0.4 is 4.74 Å². The van der Waals surface area contributed by atoms with Gasteiger partial charge in [-0.05, 0) is 30.8 Å². The van der Waals surface area contributed by atoms with E-state index in [4.69, 9.17) is 4.74 Å². The molecule has 0 bridgehead atoms. The fourth-order valence-electron chi connectivity index (χ4n) is 4.22. The van der Waals surface area contributed by atoms with Crippen LogP contribution in [0, 0.1) is 5.41 Å². The van der Waals surface area contributed by atoms with Gasteiger partial charge in [0, 0.05) is 31.7 Å². The van der Waals surface area contributed by atoms with Crippen LogP contribution in [0.15, 0.2) is 48.7 Å². The third-order valence-electron chi connectivity index (χ3n) is 5.69. The number of amides is 1. The van der Waals surface area contributed by atoms with E-state index in [0.717, 1.165) is 17.0 Å². The molecule has 0 spiro atoms. The molecule has 1 fully saturated rings. The third kappa shape index (κ3) is 3.42. The molecule has 1 N–H and O–H groups in total. The number of carbonyl (C=O) groups is 1. The Morgan fingerprint density at radius 3 is 2.93 bits per heavy atom. The number of carbonyl (C=O) groups excluding carboxylic acids is 1. The number of aromatic nitrogens is 1. The molecule has 2 aromatic rings. The first kappa shape index (κ1) is 17.9. The van der Waals surface area contributed by atoms with Crippen LogP contribution in [0.5, 0.6) is 5.75 Å². The molecule has 27 heavy (non-hydrogen) atoms. The molecule has 2 aliphatic rings. The average Bonchev–Trinajstić information content (AvgIpc) is 3.10. The van der Waals surface area contributed by atoms with Crippen molar-refractivity contribution in [2.45, 2.75) is 12.5 Å². The zero-order chi connectivity index (χ0) is 18.9. The van der Waals surface area contributed by atoms with Gasteiger partial charge in [-0.2, -0.15) is 0 Å². The van der Waals surface area contributed by atoms with Crippen LogP contribution in [-0.4, -0.2) is 65.7 Å². The van der Waals surface area contributed by atoms with Gasteiger partial charge in [0.1, 0.15) is 5.75 Å². The number of likely N-dealkylation sites (N-methyl/N-ethyl adjacent to an activating group) is 1. The fraction of sp³-hybridized carbons (Fsp3) is 0.429. The molecule has 4 rings (SSSR count). The highest BCUT2D eigenvalue weighted by Crippen LogP contribution is 2.49. The molecule has 1 aromatic carbocycles. The normalized spacial score (nSPS) is 23.7. The summed E-state index contributed by atoms with van der Waals surface area (Å²) in [5.41, 5.74) is 1.62. The second-order valence-electron chi connectivity index (χ2n) is 7.67. The predicted octanol–water partition coefficient (Wildman–Crippen LogP) is 1.51. The summed E-state index contributed by atoms with van der Waals surface area (Å²) in [6, 6.07) is 13.7. The molecular formula is C21H25N3O3. The quantitative estimate of drug-likeness (QED) is 0.868. The van der Waals surface area contributed by atoms with Gasteiger partial charge in [-0.3, -0.25) is 14.7 Å². The standard InChI is InChI=1S/C21H25N3O3/c1-23(10-16-6-4-5-9-22-16)12-20(26)24-11-18-17-7-2-3-8-19(17)27-15-21(18,13-24)14-25/h2-9,18,25H,10-15H2,1H3/t18-,21-/m1/s1. The van der Waals surface area contributed by atoms with Gasteiger partial charge in [-0.15, -0.1) is 0 Å². The number of benzene rings is 1. The van der Waals surface area contributed by atoms with E-state index in [0.29, 0.717) is 32.8 Å². The number of fused-ring (bicyclic) bond motifs is 3. The Labute approximate surface area is 159 Å². The minimum absolute atomic E-state index is 0.0134. The lowest BCUT2D eigenvalue weighted by Gasteiger charge is -2.37. The number of pyridine rings is 1. The van der Waals surface area contributed by atoms with Gasteiger partial charge in [-0.1, -0.05) is 24.3 Å². The minimum atomic E-state index is -0.413. The van der Waals surface area contributed by atoms with Crippen molar-refractivity contribution in [1.82, 2.24) is 14.8 Å². The van der Waals surface area contributed by atoms with Crippen molar-refractivity contribution in [3.63, 3.8) is 0 Å². The second-order valence-corrected chi connectivity index (χ2v) is 7.67. The summed E-state index contributed by atoms with van der Waals surface area (Å²) in [5.74, 6) is 1.05. The molecule has 1 saturated heterocycles. The Kier molecular flexibility index (Phi) is 4.85. The molecule has 1 aromatic heterocycles. The highest BCUT2D eigenvalue weighted by Gasteiger charge is 2.51. The summed E-state index contributed by atoms with van der Waals surface area (Å²) in [6.07, 6.45) is 1.76. The lowest BCUT2D eigenvalue weighted by atomic mass is 9.74. The molecule has 3 heterocycles. The SMILES string of the molecule is CN(CC(=O)N1C[C@@H]2c3ccccc3OC[C@]2(CO)C1)Cc1ccccn1. The van der Waals surface area contributed by atoms with Crippen molar-refractivity contribution in [3.05, 3.63) is 59.9 Å². The van der Waals surface area contributed by atoms with Crippen LogP contribution in [0.2, 0.25) is 0 Å². The lowest BCUT2D eigenvalue weighted by Crippen LogP contribution is -2.43. The molecule has 6 nitrogen and oxygen atoms in total. The van der Waals surface area contributed by atoms with E-state index >= 15 is 0 Å². The van der Waals surface area contributed by atoms with Crippen molar-refractivity contribution in [1.29, 1.82) is 0 Å². The molecule has 0 saturated carbocycles. The topological polar surface area (TPSA) is 65.9 Å². The van der Waals surface area contributed by atoms with E-state index in [9.17, 15) is 9.90 Å². The summed E-state index contributed by atoms with van der Waals surface area (Å²) in [6.45, 7) is 2.56. The largest absolute Gasteiger partial charge is 0.493 e. The van der Waals surface area contributed by atoms with Crippen molar-refractivity contribution in [2.75, 3.05) is 39.9 Å². The summed E-state index contributed by atoms with van der Waals surface area (Å²) in [5, 5.41) is 10.1. The van der Waals surface area contributed by atoms with E-state index in [-0.39, 0.29) is 18.4 Å². The first-order valence-electron chi connectivity index (χ1n) is 9.30. The summed E-state index contributed by atoms with van der Waals surface area (Å²) < 4.78 is 5.90. The zero-order valence-corrected chi connectivity index (χ0v) is 15.5. The van der Waals surface area contributed by atoms with Crippen LogP contribution in [0.4, 0.5) is 0 Å². The van der Waals surface area contributed by atoms with Gasteiger partial charge in [0.15, 0.2) is 0 Å². The van der Waals surface area contributed by atoms with E-state index in [2.05, 4.69) is 4.98 Å². The molecule has 0 unspecified atom stereocenters. The van der Waals surface area contributed by atoms with Crippen molar-refractivity contribution in [2.24, 2.45) is 5.41 Å². The molecule has 0 radical (unpaired) electrons. The predicted molar refractivity (Wildman–Crippen MR) is 101 cm³/mol. The molecule has 1 amide bonds. The second kappa shape index (κ2) is 7.29. The lowest BCUT2D eigenvalue weighted by molar-refractivity contribution is -0.131. The number of likely N-dealkylation sites (tertiary alicyclic amines) is 1.